The van der Waals surface area contributed by atoms with Crippen molar-refractivity contribution in [3.8, 4) is 0 Å². The van der Waals surface area contributed by atoms with E-state index in [4.69, 9.17) is 5.73 Å². The molecule has 60 valence electrons. The Balaban J connectivity index is 2.39. The Morgan fingerprint density at radius 1 is 1.45 bits per heavy atom. The molecule has 0 aliphatic heterocycles. The largest absolute Gasteiger partial charge is 0.319 e. The van der Waals surface area contributed by atoms with Gasteiger partial charge in [0, 0.05) is 4.88 Å². The highest BCUT2D eigenvalue weighted by Gasteiger charge is 2.42. The normalized spacial score (nSPS) is 20.3. The van der Waals surface area contributed by atoms with E-state index >= 15 is 0 Å². The van der Waals surface area contributed by atoms with Crippen molar-refractivity contribution < 1.29 is 0 Å². The lowest BCUT2D eigenvalue weighted by Gasteiger charge is -2.00. The summed E-state index contributed by atoms with van der Waals surface area (Å²) in [5.41, 5.74) is 7.10. The highest BCUT2D eigenvalue weighted by Crippen LogP contribution is 2.44. The number of aromatic nitrogens is 1. The zero-order chi connectivity index (χ0) is 8.06. The number of hydrogen-bond donors (Lipinski definition) is 1. The molecule has 1 heterocycles. The molecule has 1 aromatic rings. The first-order chi connectivity index (χ1) is 5.12. The van der Waals surface area contributed by atoms with Gasteiger partial charge in [0.1, 0.15) is 5.01 Å². The van der Waals surface area contributed by atoms with Gasteiger partial charge in [-0.2, -0.15) is 0 Å². The zero-order valence-corrected chi connectivity index (χ0v) is 7.66. The van der Waals surface area contributed by atoms with E-state index in [1.807, 2.05) is 6.92 Å². The molecule has 1 fully saturated rings. The molecule has 2 rings (SSSR count). The van der Waals surface area contributed by atoms with E-state index in [0.717, 1.165) is 23.5 Å². The quantitative estimate of drug-likeness (QED) is 0.693. The van der Waals surface area contributed by atoms with E-state index in [0.29, 0.717) is 0 Å². The van der Waals surface area contributed by atoms with Gasteiger partial charge >= 0.3 is 0 Å². The molecule has 0 spiro atoms. The topological polar surface area (TPSA) is 38.9 Å². The Morgan fingerprint density at radius 2 is 2.09 bits per heavy atom. The van der Waals surface area contributed by atoms with Crippen LogP contribution in [0.5, 0.6) is 0 Å². The van der Waals surface area contributed by atoms with Crippen LogP contribution in [0.2, 0.25) is 0 Å². The van der Waals surface area contributed by atoms with E-state index in [-0.39, 0.29) is 5.54 Å². The third-order valence-electron chi connectivity index (χ3n) is 2.24. The van der Waals surface area contributed by atoms with Crippen LogP contribution in [0.1, 0.15) is 28.4 Å². The first kappa shape index (κ1) is 7.25. The second-order valence-corrected chi connectivity index (χ2v) is 4.52. The van der Waals surface area contributed by atoms with Crippen molar-refractivity contribution in [2.45, 2.75) is 32.2 Å². The van der Waals surface area contributed by atoms with Gasteiger partial charge < -0.3 is 5.73 Å². The Bertz CT molecular complexity index is 267. The lowest BCUT2D eigenvalue weighted by molar-refractivity contribution is 0.728. The predicted octanol–water partition coefficient (Wildman–Crippen LogP) is 1.71. The molecule has 1 aliphatic carbocycles. The first-order valence-electron chi connectivity index (χ1n) is 3.85. The van der Waals surface area contributed by atoms with Crippen LogP contribution in [-0.4, -0.2) is 4.98 Å². The standard InChI is InChI=1S/C8H12N2S/c1-5-6(2)11-7(10-5)8(9)3-4-8/h3-4,9H2,1-2H3. The molecule has 1 aromatic heterocycles. The first-order valence-corrected chi connectivity index (χ1v) is 4.67. The summed E-state index contributed by atoms with van der Waals surface area (Å²) in [6.07, 6.45) is 2.22. The maximum absolute atomic E-state index is 6.00. The Kier molecular flexibility index (Phi) is 1.35. The van der Waals surface area contributed by atoms with Crippen LogP contribution in [-0.2, 0) is 5.54 Å². The van der Waals surface area contributed by atoms with Crippen molar-refractivity contribution >= 4 is 11.3 Å². The van der Waals surface area contributed by atoms with Crippen molar-refractivity contribution in [2.75, 3.05) is 0 Å². The molecular formula is C8H12N2S. The predicted molar refractivity (Wildman–Crippen MR) is 46.7 cm³/mol. The van der Waals surface area contributed by atoms with Crippen LogP contribution in [0, 0.1) is 13.8 Å². The number of aryl methyl sites for hydroxylation is 2. The third-order valence-corrected chi connectivity index (χ3v) is 3.54. The Morgan fingerprint density at radius 3 is 2.45 bits per heavy atom. The minimum atomic E-state index is -0.0380. The monoisotopic (exact) mass is 168 g/mol. The molecule has 11 heavy (non-hydrogen) atoms. The number of nitrogens with two attached hydrogens (primary N) is 1. The molecule has 0 aromatic carbocycles. The highest BCUT2D eigenvalue weighted by atomic mass is 32.1. The number of thiazole rings is 1. The van der Waals surface area contributed by atoms with Crippen LogP contribution >= 0.6 is 11.3 Å². The SMILES string of the molecule is Cc1nc(C2(N)CC2)sc1C. The average molecular weight is 168 g/mol. The summed E-state index contributed by atoms with van der Waals surface area (Å²) < 4.78 is 0. The van der Waals surface area contributed by atoms with Crippen molar-refractivity contribution in [3.63, 3.8) is 0 Å². The van der Waals surface area contributed by atoms with Crippen molar-refractivity contribution in [1.82, 2.24) is 4.98 Å². The zero-order valence-electron chi connectivity index (χ0n) is 6.85. The van der Waals surface area contributed by atoms with E-state index in [1.54, 1.807) is 11.3 Å². The molecule has 1 saturated carbocycles. The van der Waals surface area contributed by atoms with E-state index < -0.39 is 0 Å². The molecule has 2 nitrogen and oxygen atoms in total. The molecule has 0 radical (unpaired) electrons. The van der Waals surface area contributed by atoms with Crippen LogP contribution in [0.4, 0.5) is 0 Å². The van der Waals surface area contributed by atoms with Crippen molar-refractivity contribution in [2.24, 2.45) is 5.73 Å². The number of rotatable bonds is 1. The smallest absolute Gasteiger partial charge is 0.113 e. The fraction of sp³-hybridized carbons (Fsp3) is 0.625. The average Bonchev–Trinajstić information content (AvgIpc) is 2.59. The van der Waals surface area contributed by atoms with Gasteiger partial charge in [0.05, 0.1) is 11.2 Å². The fourth-order valence-corrected chi connectivity index (χ4v) is 2.11. The van der Waals surface area contributed by atoms with Gasteiger partial charge in [-0.3, -0.25) is 0 Å². The molecule has 0 bridgehead atoms. The molecule has 0 unspecified atom stereocenters. The molecule has 0 amide bonds. The highest BCUT2D eigenvalue weighted by molar-refractivity contribution is 7.11. The van der Waals surface area contributed by atoms with Crippen molar-refractivity contribution in [3.05, 3.63) is 15.6 Å². The minimum absolute atomic E-state index is 0.0380. The minimum Gasteiger partial charge on any atom is -0.319 e. The van der Waals surface area contributed by atoms with Gasteiger partial charge in [0.2, 0.25) is 0 Å². The molecule has 1 aliphatic rings. The Hall–Kier alpha value is -0.410. The summed E-state index contributed by atoms with van der Waals surface area (Å²) in [4.78, 5) is 5.74. The lowest BCUT2D eigenvalue weighted by atomic mass is 10.3. The summed E-state index contributed by atoms with van der Waals surface area (Å²) >= 11 is 1.75. The number of nitrogens with zero attached hydrogens (tertiary/aromatic N) is 1. The van der Waals surface area contributed by atoms with Crippen molar-refractivity contribution in [1.29, 1.82) is 0 Å². The summed E-state index contributed by atoms with van der Waals surface area (Å²) in [5, 5.41) is 1.13. The van der Waals surface area contributed by atoms with Crippen LogP contribution < -0.4 is 5.73 Å². The van der Waals surface area contributed by atoms with E-state index in [9.17, 15) is 0 Å². The number of hydrogen-bond acceptors (Lipinski definition) is 3. The van der Waals surface area contributed by atoms with Crippen LogP contribution in [0.3, 0.4) is 0 Å². The maximum Gasteiger partial charge on any atom is 0.113 e. The van der Waals surface area contributed by atoms with Gasteiger partial charge in [0.25, 0.3) is 0 Å². The van der Waals surface area contributed by atoms with Gasteiger partial charge in [-0.25, -0.2) is 4.98 Å². The van der Waals surface area contributed by atoms with Crippen LogP contribution in [0.15, 0.2) is 0 Å². The van der Waals surface area contributed by atoms with Gasteiger partial charge in [0.15, 0.2) is 0 Å². The van der Waals surface area contributed by atoms with Gasteiger partial charge in [-0.05, 0) is 26.7 Å². The molecule has 2 N–H and O–H groups in total. The fourth-order valence-electron chi connectivity index (χ4n) is 1.03. The second kappa shape index (κ2) is 2.05. The van der Waals surface area contributed by atoms with Gasteiger partial charge in [-0.15, -0.1) is 11.3 Å². The molecule has 3 heteroatoms. The summed E-state index contributed by atoms with van der Waals surface area (Å²) in [7, 11) is 0. The summed E-state index contributed by atoms with van der Waals surface area (Å²) in [6, 6.07) is 0. The van der Waals surface area contributed by atoms with E-state index in [1.165, 1.54) is 4.88 Å². The van der Waals surface area contributed by atoms with Crippen LogP contribution in [0.25, 0.3) is 0 Å². The molecule has 0 saturated heterocycles. The van der Waals surface area contributed by atoms with Gasteiger partial charge in [-0.1, -0.05) is 0 Å². The third kappa shape index (κ3) is 1.08. The maximum atomic E-state index is 6.00. The molecular weight excluding hydrogens is 156 g/mol. The molecule has 0 atom stereocenters. The summed E-state index contributed by atoms with van der Waals surface area (Å²) in [6.45, 7) is 4.14. The second-order valence-electron chi connectivity index (χ2n) is 3.32. The van der Waals surface area contributed by atoms with E-state index in [2.05, 4.69) is 11.9 Å². The Labute approximate surface area is 70.5 Å². The summed E-state index contributed by atoms with van der Waals surface area (Å²) in [5.74, 6) is 0. The lowest BCUT2D eigenvalue weighted by Crippen LogP contribution is -2.18.